The van der Waals surface area contributed by atoms with Crippen LogP contribution in [0, 0.1) is 0 Å². The topological polar surface area (TPSA) is 74.7 Å². The van der Waals surface area contributed by atoms with E-state index in [1.165, 1.54) is 11.0 Å². The van der Waals surface area contributed by atoms with Crippen molar-refractivity contribution in [2.45, 2.75) is 25.3 Å². The minimum atomic E-state index is -1.07. The highest BCUT2D eigenvalue weighted by Gasteiger charge is 2.34. The van der Waals surface area contributed by atoms with Crippen molar-refractivity contribution >= 4 is 17.7 Å². The van der Waals surface area contributed by atoms with Crippen LogP contribution in [0.2, 0.25) is 0 Å². The Kier molecular flexibility index (Phi) is 3.60. The Bertz CT molecular complexity index is 311. The molecule has 1 N–H and O–H groups in total. The molecule has 1 aliphatic rings. The third kappa shape index (κ3) is 2.65. The maximum Gasteiger partial charge on any atom is 0.305 e. The van der Waals surface area contributed by atoms with E-state index in [-0.39, 0.29) is 37.5 Å². The number of nitrogens with zero attached hydrogens (tertiary/aromatic N) is 1. The van der Waals surface area contributed by atoms with Crippen LogP contribution in [0.25, 0.3) is 0 Å². The fraction of sp³-hybridized carbons (Fsp3) is 0.500. The van der Waals surface area contributed by atoms with E-state index in [2.05, 4.69) is 6.58 Å². The summed E-state index contributed by atoms with van der Waals surface area (Å²) in [6, 6.07) is -0.818. The molecular weight excluding hydrogens is 198 g/mol. The summed E-state index contributed by atoms with van der Waals surface area (Å²) in [7, 11) is 0. The highest BCUT2D eigenvalue weighted by atomic mass is 16.4. The summed E-state index contributed by atoms with van der Waals surface area (Å²) < 4.78 is 0. The van der Waals surface area contributed by atoms with Gasteiger partial charge in [-0.15, -0.1) is 6.58 Å². The fourth-order valence-corrected chi connectivity index (χ4v) is 1.65. The van der Waals surface area contributed by atoms with Crippen molar-refractivity contribution in [3.8, 4) is 0 Å². The molecule has 0 spiro atoms. The van der Waals surface area contributed by atoms with Crippen LogP contribution >= 0.6 is 0 Å². The fourth-order valence-electron chi connectivity index (χ4n) is 1.65. The van der Waals surface area contributed by atoms with Crippen molar-refractivity contribution < 1.29 is 19.5 Å². The molecule has 5 nitrogen and oxygen atoms in total. The second kappa shape index (κ2) is 4.72. The van der Waals surface area contributed by atoms with E-state index in [0.29, 0.717) is 0 Å². The molecule has 82 valence electrons. The summed E-state index contributed by atoms with van der Waals surface area (Å²) in [6.07, 6.45) is 1.48. The van der Waals surface area contributed by atoms with Crippen molar-refractivity contribution in [3.63, 3.8) is 0 Å². The van der Waals surface area contributed by atoms with Crippen molar-refractivity contribution in [2.24, 2.45) is 0 Å². The van der Waals surface area contributed by atoms with Gasteiger partial charge in [0.05, 0.1) is 6.42 Å². The number of Topliss-reactive ketones (excluding diaryl/α,β-unsaturated/α-hetero) is 1. The van der Waals surface area contributed by atoms with Crippen molar-refractivity contribution in [1.82, 2.24) is 4.90 Å². The molecule has 5 heteroatoms. The van der Waals surface area contributed by atoms with Gasteiger partial charge in [0.15, 0.2) is 5.78 Å². The third-order valence-electron chi connectivity index (χ3n) is 2.35. The Labute approximate surface area is 87.4 Å². The number of piperidine rings is 1. The Balaban J connectivity index is 2.82. The number of rotatable bonds is 4. The average molecular weight is 211 g/mol. The number of carbonyl (C=O) groups excluding carboxylic acids is 2. The number of carboxylic acid groups (broad SMARTS) is 1. The lowest BCUT2D eigenvalue weighted by Crippen LogP contribution is -2.50. The summed E-state index contributed by atoms with van der Waals surface area (Å²) >= 11 is 0. The molecule has 1 amide bonds. The zero-order chi connectivity index (χ0) is 11.4. The van der Waals surface area contributed by atoms with Gasteiger partial charge in [0.1, 0.15) is 6.04 Å². The normalized spacial score (nSPS) is 21.6. The predicted octanol–water partition coefficient (Wildman–Crippen LogP) is 0.207. The Morgan fingerprint density at radius 1 is 1.53 bits per heavy atom. The van der Waals surface area contributed by atoms with Gasteiger partial charge in [-0.25, -0.2) is 0 Å². The summed E-state index contributed by atoms with van der Waals surface area (Å²) in [5.41, 5.74) is 0. The molecule has 1 rings (SSSR count). The molecular formula is C10H13NO4. The summed E-state index contributed by atoms with van der Waals surface area (Å²) in [5, 5.41) is 8.64. The van der Waals surface area contributed by atoms with Crippen LogP contribution in [-0.2, 0) is 14.4 Å². The first-order valence-corrected chi connectivity index (χ1v) is 4.71. The molecule has 0 aromatic heterocycles. The second-order valence-corrected chi connectivity index (χ2v) is 3.41. The largest absolute Gasteiger partial charge is 0.481 e. The molecule has 0 aromatic rings. The van der Waals surface area contributed by atoms with Gasteiger partial charge in [-0.3, -0.25) is 14.4 Å². The number of carbonyl (C=O) groups is 3. The van der Waals surface area contributed by atoms with Crippen LogP contribution in [0.15, 0.2) is 12.7 Å². The first-order valence-electron chi connectivity index (χ1n) is 4.71. The molecule has 0 radical (unpaired) electrons. The van der Waals surface area contributed by atoms with Gasteiger partial charge in [-0.05, 0) is 0 Å². The van der Waals surface area contributed by atoms with Crippen LogP contribution in [0.1, 0.15) is 19.3 Å². The molecule has 0 aromatic carbocycles. The Hall–Kier alpha value is -1.65. The molecule has 1 unspecified atom stereocenters. The molecule has 0 aliphatic carbocycles. The number of amides is 1. The number of ketones is 1. The smallest absolute Gasteiger partial charge is 0.305 e. The van der Waals surface area contributed by atoms with Crippen LogP contribution in [0.5, 0.6) is 0 Å². The molecule has 15 heavy (non-hydrogen) atoms. The zero-order valence-corrected chi connectivity index (χ0v) is 8.31. The van der Waals surface area contributed by atoms with E-state index in [9.17, 15) is 14.4 Å². The molecule has 1 fully saturated rings. The maximum atomic E-state index is 11.5. The quantitative estimate of drug-likeness (QED) is 0.674. The average Bonchev–Trinajstić information content (AvgIpc) is 2.17. The van der Waals surface area contributed by atoms with Gasteiger partial charge in [-0.1, -0.05) is 6.08 Å². The molecule has 1 aliphatic heterocycles. The molecule has 1 atom stereocenters. The minimum Gasteiger partial charge on any atom is -0.481 e. The SMILES string of the molecule is C=CCN1C(=O)CCC(=O)C1CC(=O)O. The van der Waals surface area contributed by atoms with E-state index in [4.69, 9.17) is 5.11 Å². The zero-order valence-electron chi connectivity index (χ0n) is 8.31. The van der Waals surface area contributed by atoms with Gasteiger partial charge in [0, 0.05) is 19.4 Å². The lowest BCUT2D eigenvalue weighted by molar-refractivity contribution is -0.149. The number of carboxylic acids is 1. The van der Waals surface area contributed by atoms with Crippen molar-refractivity contribution in [2.75, 3.05) is 6.54 Å². The van der Waals surface area contributed by atoms with E-state index in [1.807, 2.05) is 0 Å². The van der Waals surface area contributed by atoms with Crippen molar-refractivity contribution in [3.05, 3.63) is 12.7 Å². The standard InChI is InChI=1S/C10H13NO4/c1-2-5-11-7(6-10(14)15)8(12)3-4-9(11)13/h2,7H,1,3-6H2,(H,14,15). The maximum absolute atomic E-state index is 11.5. The summed E-state index contributed by atoms with van der Waals surface area (Å²) in [4.78, 5) is 34.8. The van der Waals surface area contributed by atoms with Gasteiger partial charge in [0.2, 0.25) is 5.91 Å². The minimum absolute atomic E-state index is 0.143. The van der Waals surface area contributed by atoms with Gasteiger partial charge >= 0.3 is 5.97 Å². The van der Waals surface area contributed by atoms with E-state index >= 15 is 0 Å². The highest BCUT2D eigenvalue weighted by Crippen LogP contribution is 2.17. The van der Waals surface area contributed by atoms with Crippen LogP contribution in [0.4, 0.5) is 0 Å². The molecule has 0 saturated carbocycles. The first kappa shape index (κ1) is 11.4. The predicted molar refractivity (Wildman–Crippen MR) is 52.2 cm³/mol. The lowest BCUT2D eigenvalue weighted by Gasteiger charge is -2.32. The van der Waals surface area contributed by atoms with E-state index in [1.54, 1.807) is 0 Å². The Morgan fingerprint density at radius 2 is 2.20 bits per heavy atom. The lowest BCUT2D eigenvalue weighted by atomic mass is 9.97. The highest BCUT2D eigenvalue weighted by molar-refractivity contribution is 5.97. The third-order valence-corrected chi connectivity index (χ3v) is 2.35. The van der Waals surface area contributed by atoms with Crippen LogP contribution in [-0.4, -0.2) is 40.3 Å². The molecule has 1 saturated heterocycles. The number of likely N-dealkylation sites (tertiary alicyclic amines) is 1. The monoisotopic (exact) mass is 211 g/mol. The van der Waals surface area contributed by atoms with Gasteiger partial charge in [-0.2, -0.15) is 0 Å². The van der Waals surface area contributed by atoms with Gasteiger partial charge < -0.3 is 10.0 Å². The number of hydrogen-bond acceptors (Lipinski definition) is 3. The van der Waals surface area contributed by atoms with E-state index < -0.39 is 12.0 Å². The molecule has 1 heterocycles. The number of hydrogen-bond donors (Lipinski definition) is 1. The first-order chi connectivity index (χ1) is 7.06. The second-order valence-electron chi connectivity index (χ2n) is 3.41. The molecule has 0 bridgehead atoms. The Morgan fingerprint density at radius 3 is 2.73 bits per heavy atom. The number of aliphatic carboxylic acids is 1. The van der Waals surface area contributed by atoms with Gasteiger partial charge in [0.25, 0.3) is 0 Å². The van der Waals surface area contributed by atoms with E-state index in [0.717, 1.165) is 0 Å². The van der Waals surface area contributed by atoms with Crippen LogP contribution < -0.4 is 0 Å². The summed E-state index contributed by atoms with van der Waals surface area (Å²) in [6.45, 7) is 3.70. The van der Waals surface area contributed by atoms with Crippen LogP contribution in [0.3, 0.4) is 0 Å². The summed E-state index contributed by atoms with van der Waals surface area (Å²) in [5.74, 6) is -1.43. The van der Waals surface area contributed by atoms with Crippen molar-refractivity contribution in [1.29, 1.82) is 0 Å².